The average Bonchev–Trinajstić information content (AvgIpc) is 3.56. The molecule has 0 bridgehead atoms. The van der Waals surface area contributed by atoms with Crippen molar-refractivity contribution in [1.29, 1.82) is 5.53 Å². The maximum atomic E-state index is 9.47. The minimum atomic E-state index is 0. The quantitative estimate of drug-likeness (QED) is 0.0590. The number of nitrogens with two attached hydrogens (primary N) is 1. The van der Waals surface area contributed by atoms with Gasteiger partial charge in [-0.15, -0.1) is 4.91 Å². The van der Waals surface area contributed by atoms with E-state index in [1.807, 2.05) is 35.6 Å². The van der Waals surface area contributed by atoms with E-state index in [2.05, 4.69) is 190 Å². The Balaban J connectivity index is -0.000000181. The van der Waals surface area contributed by atoms with Crippen LogP contribution >= 0.6 is 0 Å². The van der Waals surface area contributed by atoms with E-state index < -0.39 is 0 Å². The van der Waals surface area contributed by atoms with Gasteiger partial charge in [-0.05, 0) is 155 Å². The average molecular weight is 799 g/mol. The van der Waals surface area contributed by atoms with Gasteiger partial charge in [0.25, 0.3) is 0 Å². The highest BCUT2D eigenvalue weighted by Crippen LogP contribution is 2.50. The molecular formula is C48H50N10O2. The van der Waals surface area contributed by atoms with Crippen molar-refractivity contribution in [3.05, 3.63) is 94.3 Å². The second kappa shape index (κ2) is 27.3. The molecule has 12 heteroatoms. The van der Waals surface area contributed by atoms with Crippen LogP contribution in [0.2, 0.25) is 0 Å². The Morgan fingerprint density at radius 2 is 1.20 bits per heavy atom. The maximum absolute atomic E-state index is 9.47. The third-order valence-electron chi connectivity index (χ3n) is 8.26. The Morgan fingerprint density at radius 3 is 1.60 bits per heavy atom. The summed E-state index contributed by atoms with van der Waals surface area (Å²) in [4.78, 5) is 20.3. The molecule has 0 radical (unpaired) electrons. The lowest BCUT2D eigenvalue weighted by Crippen LogP contribution is -2.44. The van der Waals surface area contributed by atoms with Gasteiger partial charge in [-0.1, -0.05) is 71.6 Å². The van der Waals surface area contributed by atoms with Crippen LogP contribution in [0.3, 0.4) is 0 Å². The molecule has 5 rings (SSSR count). The largest absolute Gasteiger partial charge is 0.410 e. The fourth-order valence-electron chi connectivity index (χ4n) is 5.67. The van der Waals surface area contributed by atoms with Crippen molar-refractivity contribution in [3.8, 4) is 130 Å². The Morgan fingerprint density at radius 1 is 0.717 bits per heavy atom. The number of rotatable bonds is 5. The van der Waals surface area contributed by atoms with Crippen molar-refractivity contribution < 1.29 is 18.0 Å². The number of aromatic nitrogens is 2. The molecule has 1 saturated heterocycles. The normalized spacial score (nSPS) is 12.6. The number of nitroso groups, excluding NO2 is 1. The molecule has 1 aromatic heterocycles. The van der Waals surface area contributed by atoms with Gasteiger partial charge in [0, 0.05) is 66.4 Å². The molecule has 1 aliphatic carbocycles. The summed E-state index contributed by atoms with van der Waals surface area (Å²) in [6, 6.07) is 18.2. The lowest BCUT2D eigenvalue weighted by molar-refractivity contribution is 0.187. The fourth-order valence-corrected chi connectivity index (χ4v) is 5.67. The van der Waals surface area contributed by atoms with Crippen LogP contribution in [0.25, 0.3) is 0 Å². The second-order valence-corrected chi connectivity index (χ2v) is 11.6. The van der Waals surface area contributed by atoms with E-state index in [1.54, 1.807) is 26.2 Å². The highest BCUT2D eigenvalue weighted by molar-refractivity contribution is 6.11. The summed E-state index contributed by atoms with van der Waals surface area (Å²) < 4.78 is 0. The Bertz CT molecular complexity index is 2730. The highest BCUT2D eigenvalue weighted by atomic mass is 16.4. The lowest BCUT2D eigenvalue weighted by atomic mass is 9.73. The summed E-state index contributed by atoms with van der Waals surface area (Å²) in [7, 11) is 0. The number of piperidine rings is 1. The van der Waals surface area contributed by atoms with Crippen LogP contribution in [0, 0.1) is 146 Å². The van der Waals surface area contributed by atoms with Crippen molar-refractivity contribution in [3.63, 3.8) is 0 Å². The molecule has 2 heterocycles. The van der Waals surface area contributed by atoms with Gasteiger partial charge in [-0.25, -0.2) is 9.97 Å². The summed E-state index contributed by atoms with van der Waals surface area (Å²) in [5.41, 5.74) is 17.2. The van der Waals surface area contributed by atoms with E-state index in [0.717, 1.165) is 43.7 Å². The van der Waals surface area contributed by atoms with Crippen LogP contribution in [0.15, 0.2) is 93.1 Å². The number of anilines is 1. The molecule has 60 heavy (non-hydrogen) atoms. The first-order valence-electron chi connectivity index (χ1n) is 17.6. The maximum Gasteiger partial charge on any atom is 0.147 e. The number of nitrogens with zero attached hydrogens (tertiary/aromatic N) is 8. The van der Waals surface area contributed by atoms with E-state index in [0.29, 0.717) is 11.4 Å². The zero-order chi connectivity index (χ0) is 42.9. The zero-order valence-electron chi connectivity index (χ0n) is 32.5. The van der Waals surface area contributed by atoms with E-state index in [1.165, 1.54) is 11.1 Å². The van der Waals surface area contributed by atoms with Crippen molar-refractivity contribution >= 4 is 11.5 Å². The SMILES string of the molecule is CC#CC#CC#CC#CC#CC#CC#CC#CC#CC#CC#CC.N=N/N=N/N=O.N[C@@H]1c2ccccc2CC12CCN(c1cnc(/C(=N/O)c3ccccc3)cn1)CC2.[HH].[HH].[HH].[HH].[HH].[HH].[HH].[HH].[HH]. The predicted molar refractivity (Wildman–Crippen MR) is 249 cm³/mol. The molecule has 1 spiro atoms. The van der Waals surface area contributed by atoms with Gasteiger partial charge in [0.15, 0.2) is 0 Å². The van der Waals surface area contributed by atoms with Crippen LogP contribution in [-0.4, -0.2) is 34.0 Å². The van der Waals surface area contributed by atoms with Crippen molar-refractivity contribution in [2.24, 2.45) is 37.3 Å². The van der Waals surface area contributed by atoms with E-state index in [9.17, 15) is 5.21 Å². The number of fused-ring (bicyclic) bond motifs is 1. The molecule has 304 valence electrons. The molecule has 2 aliphatic rings. The smallest absolute Gasteiger partial charge is 0.147 e. The fraction of sp³-hybridized carbons (Fsp3) is 0.188. The summed E-state index contributed by atoms with van der Waals surface area (Å²) >= 11 is 0. The summed E-state index contributed by atoms with van der Waals surface area (Å²) in [5.74, 6) is 56.5. The molecule has 1 atom stereocenters. The van der Waals surface area contributed by atoms with E-state index >= 15 is 0 Å². The molecule has 1 fully saturated rings. The van der Waals surface area contributed by atoms with Gasteiger partial charge in [-0.3, -0.25) is 0 Å². The topological polar surface area (TPSA) is 178 Å². The van der Waals surface area contributed by atoms with Gasteiger partial charge in [-0.2, -0.15) is 5.53 Å². The van der Waals surface area contributed by atoms with Crippen LogP contribution in [0.5, 0.6) is 0 Å². The third-order valence-corrected chi connectivity index (χ3v) is 8.26. The molecule has 2 aromatic carbocycles. The molecule has 1 aliphatic heterocycles. The number of hydrogen-bond acceptors (Lipinski definition) is 8. The van der Waals surface area contributed by atoms with Gasteiger partial charge in [0.2, 0.25) is 0 Å². The Hall–Kier alpha value is -9.29. The van der Waals surface area contributed by atoms with Gasteiger partial charge >= 0.3 is 0 Å². The van der Waals surface area contributed by atoms with Crippen LogP contribution in [0.1, 0.15) is 68.0 Å². The van der Waals surface area contributed by atoms with E-state index in [-0.39, 0.29) is 24.3 Å². The van der Waals surface area contributed by atoms with Gasteiger partial charge in [0.05, 0.1) is 12.4 Å². The third kappa shape index (κ3) is 15.5. The Labute approximate surface area is 363 Å². The highest BCUT2D eigenvalue weighted by Gasteiger charge is 2.45. The van der Waals surface area contributed by atoms with Crippen LogP contribution < -0.4 is 10.6 Å². The molecule has 0 saturated carbocycles. The van der Waals surface area contributed by atoms with Gasteiger partial charge < -0.3 is 15.8 Å². The lowest BCUT2D eigenvalue weighted by Gasteiger charge is -2.42. The minimum absolute atomic E-state index is 0. The summed E-state index contributed by atoms with van der Waals surface area (Å²) in [5, 5.41) is 22.1. The van der Waals surface area contributed by atoms with Crippen LogP contribution in [-0.2, 0) is 6.42 Å². The second-order valence-electron chi connectivity index (χ2n) is 11.6. The first kappa shape index (κ1) is 45.1. The summed E-state index contributed by atoms with van der Waals surface area (Å²) in [6.45, 7) is 5.22. The Kier molecular flexibility index (Phi) is 20.5. The van der Waals surface area contributed by atoms with Crippen molar-refractivity contribution in [2.75, 3.05) is 18.0 Å². The first-order valence-corrected chi connectivity index (χ1v) is 17.6. The minimum Gasteiger partial charge on any atom is -0.410 e. The molecule has 0 amide bonds. The number of nitrogens with one attached hydrogen (secondary N) is 1. The summed E-state index contributed by atoms with van der Waals surface area (Å²) in [6.07, 6.45) is 6.60. The van der Waals surface area contributed by atoms with Gasteiger partial charge in [0.1, 0.15) is 22.5 Å². The molecule has 3 aromatic rings. The molecule has 4 N–H and O–H groups in total. The molecular weight excluding hydrogens is 749 g/mol. The van der Waals surface area contributed by atoms with Crippen molar-refractivity contribution in [1.82, 2.24) is 9.97 Å². The molecule has 12 nitrogen and oxygen atoms in total. The number of benzene rings is 2. The van der Waals surface area contributed by atoms with E-state index in [4.69, 9.17) is 16.2 Å². The molecule has 0 unspecified atom stereocenters. The monoisotopic (exact) mass is 798 g/mol. The first-order chi connectivity index (χ1) is 29.5. The number of oxime groups is 1. The number of hydrogen-bond donors (Lipinski definition) is 3. The van der Waals surface area contributed by atoms with Crippen LogP contribution in [0.4, 0.5) is 5.82 Å². The predicted octanol–water partition coefficient (Wildman–Crippen LogP) is 7.89. The zero-order valence-corrected chi connectivity index (χ0v) is 32.5. The van der Waals surface area contributed by atoms with Crippen molar-refractivity contribution in [2.45, 2.75) is 39.2 Å². The standard InChI is InChI=1S/C24H25N5O.C24H6.HN5O.9H2/c25-23-19-9-5-4-8-18(19)14-24(23)10-12-29(13-11-24)21-16-26-20(15-27-21)22(28-30)17-6-2-1-3-7-17;1-3-5-7-9-11-13-15-17-19-21-23-24-22-20-18-16-14-12-10-8-6-4-2;1-2-3-4-5-6;;;;;;;;;/h1-9,15-16,23,30H,10-14,25H2;1-2H3;1H;9*1H/b28-22+;;2-1?,4-3+;;;;;;;;;/t23-;;;;;;;;;;;/m1.........../s1.